The fourth-order valence-corrected chi connectivity index (χ4v) is 6.22. The summed E-state index contributed by atoms with van der Waals surface area (Å²) in [6, 6.07) is 4.88. The van der Waals surface area contributed by atoms with Crippen LogP contribution in [0.3, 0.4) is 0 Å². The molecule has 0 radical (unpaired) electrons. The number of halogens is 2. The van der Waals surface area contributed by atoms with E-state index in [1.54, 1.807) is 18.2 Å². The maximum Gasteiger partial charge on any atom is 0.223 e. The van der Waals surface area contributed by atoms with E-state index in [-0.39, 0.29) is 17.6 Å². The van der Waals surface area contributed by atoms with Crippen molar-refractivity contribution in [1.29, 1.82) is 0 Å². The number of hydrogen-bond acceptors (Lipinski definition) is 4. The monoisotopic (exact) mass is 489 g/mol. The second-order valence-corrected chi connectivity index (χ2v) is 11.4. The van der Waals surface area contributed by atoms with Gasteiger partial charge >= 0.3 is 0 Å². The third kappa shape index (κ3) is 7.60. The molecule has 0 unspecified atom stereocenters. The lowest BCUT2D eigenvalue weighted by Gasteiger charge is -2.30. The lowest BCUT2D eigenvalue weighted by molar-refractivity contribution is -0.126. The first-order chi connectivity index (χ1) is 14.8. The average molecular weight is 490 g/mol. The molecule has 31 heavy (non-hydrogen) atoms. The van der Waals surface area contributed by atoms with Crippen molar-refractivity contribution in [3.8, 4) is 0 Å². The predicted octanol–water partition coefficient (Wildman–Crippen LogP) is 3.92. The molecule has 2 saturated heterocycles. The minimum atomic E-state index is -3.46. The highest BCUT2D eigenvalue weighted by Crippen LogP contribution is 2.26. The molecule has 0 atom stereocenters. The Kier molecular flexibility index (Phi) is 9.47. The molecule has 9 heteroatoms. The van der Waals surface area contributed by atoms with Crippen LogP contribution in [-0.2, 0) is 20.6 Å². The third-order valence-electron chi connectivity index (χ3n) is 6.20. The normalized spacial score (nSPS) is 19.8. The van der Waals surface area contributed by atoms with E-state index < -0.39 is 10.0 Å². The summed E-state index contributed by atoms with van der Waals surface area (Å²) in [6.07, 6.45) is 7.28. The summed E-state index contributed by atoms with van der Waals surface area (Å²) >= 11 is 11.9. The molecule has 3 rings (SSSR count). The summed E-state index contributed by atoms with van der Waals surface area (Å²) in [5, 5.41) is 3.80. The van der Waals surface area contributed by atoms with Crippen molar-refractivity contribution < 1.29 is 13.2 Å². The van der Waals surface area contributed by atoms with Crippen molar-refractivity contribution in [3.05, 3.63) is 33.8 Å². The molecule has 1 N–H and O–H groups in total. The number of nitrogens with zero attached hydrogens (tertiary/aromatic N) is 2. The predicted molar refractivity (Wildman–Crippen MR) is 126 cm³/mol. The van der Waals surface area contributed by atoms with Gasteiger partial charge in [-0.15, -0.1) is 0 Å². The first-order valence-electron chi connectivity index (χ1n) is 11.3. The highest BCUT2D eigenvalue weighted by atomic mass is 35.5. The molecule has 0 spiro atoms. The number of hydrogen-bond donors (Lipinski definition) is 1. The van der Waals surface area contributed by atoms with E-state index in [2.05, 4.69) is 10.2 Å². The van der Waals surface area contributed by atoms with Crippen LogP contribution < -0.4 is 5.32 Å². The standard InChI is InChI=1S/C22H33Cl2N3O3S/c23-20-7-6-18(16-21(20)24)17-31(29,30)27-14-8-19(9-15-27)22(28)25-10-5-13-26-11-3-1-2-4-12-26/h6-7,16,19H,1-5,8-15,17H2,(H,25,28). The lowest BCUT2D eigenvalue weighted by Crippen LogP contribution is -2.43. The van der Waals surface area contributed by atoms with Gasteiger partial charge in [-0.05, 0) is 69.4 Å². The summed E-state index contributed by atoms with van der Waals surface area (Å²) in [4.78, 5) is 15.0. The summed E-state index contributed by atoms with van der Waals surface area (Å²) in [5.74, 6) is -0.177. The van der Waals surface area contributed by atoms with Crippen LogP contribution in [0.15, 0.2) is 18.2 Å². The Labute approximate surface area is 196 Å². The Hall–Kier alpha value is -0.860. The molecule has 2 heterocycles. The second kappa shape index (κ2) is 11.8. The van der Waals surface area contributed by atoms with Gasteiger partial charge in [0.2, 0.25) is 15.9 Å². The van der Waals surface area contributed by atoms with Gasteiger partial charge in [0.05, 0.1) is 15.8 Å². The van der Waals surface area contributed by atoms with Crippen LogP contribution in [0, 0.1) is 5.92 Å². The van der Waals surface area contributed by atoms with Crippen LogP contribution in [0.1, 0.15) is 50.5 Å². The maximum absolute atomic E-state index is 12.8. The zero-order valence-corrected chi connectivity index (χ0v) is 20.3. The fraction of sp³-hybridized carbons (Fsp3) is 0.682. The van der Waals surface area contributed by atoms with Gasteiger partial charge in [0.25, 0.3) is 0 Å². The van der Waals surface area contributed by atoms with E-state index in [1.165, 1.54) is 43.1 Å². The molecule has 174 valence electrons. The van der Waals surface area contributed by atoms with Gasteiger partial charge in [0, 0.05) is 25.6 Å². The molecule has 1 aromatic carbocycles. The lowest BCUT2D eigenvalue weighted by atomic mass is 9.97. The van der Waals surface area contributed by atoms with Gasteiger partial charge in [-0.2, -0.15) is 0 Å². The summed E-state index contributed by atoms with van der Waals surface area (Å²) in [6.45, 7) is 4.80. The first-order valence-corrected chi connectivity index (χ1v) is 13.6. The van der Waals surface area contributed by atoms with Gasteiger partial charge in [-0.1, -0.05) is 42.1 Å². The maximum atomic E-state index is 12.8. The van der Waals surface area contributed by atoms with Gasteiger partial charge in [0.1, 0.15) is 0 Å². The number of carbonyl (C=O) groups excluding carboxylic acids is 1. The van der Waals surface area contributed by atoms with E-state index in [1.807, 2.05) is 0 Å². The molecule has 0 bridgehead atoms. The van der Waals surface area contributed by atoms with Crippen LogP contribution in [0.2, 0.25) is 10.0 Å². The van der Waals surface area contributed by atoms with Crippen LogP contribution in [0.4, 0.5) is 0 Å². The fourth-order valence-electron chi connectivity index (χ4n) is 4.35. The Morgan fingerprint density at radius 1 is 1.00 bits per heavy atom. The molecular weight excluding hydrogens is 457 g/mol. The number of benzene rings is 1. The third-order valence-corrected chi connectivity index (χ3v) is 8.79. The van der Waals surface area contributed by atoms with Gasteiger partial charge in [-0.3, -0.25) is 4.79 Å². The molecule has 1 amide bonds. The molecule has 0 aliphatic carbocycles. The number of nitrogens with one attached hydrogen (secondary N) is 1. The highest BCUT2D eigenvalue weighted by Gasteiger charge is 2.31. The van der Waals surface area contributed by atoms with Crippen LogP contribution >= 0.6 is 23.2 Å². The molecule has 2 aliphatic heterocycles. The molecule has 1 aromatic rings. The molecule has 2 fully saturated rings. The van der Waals surface area contributed by atoms with Gasteiger partial charge in [0.15, 0.2) is 0 Å². The van der Waals surface area contributed by atoms with Crippen molar-refractivity contribution in [2.24, 2.45) is 5.92 Å². The van der Waals surface area contributed by atoms with Gasteiger partial charge in [-0.25, -0.2) is 12.7 Å². The summed E-state index contributed by atoms with van der Waals surface area (Å²) in [7, 11) is -3.46. The zero-order valence-electron chi connectivity index (χ0n) is 18.0. The largest absolute Gasteiger partial charge is 0.356 e. The molecular formula is C22H33Cl2N3O3S. The molecule has 2 aliphatic rings. The Bertz CT molecular complexity index is 834. The first kappa shape index (κ1) is 24.8. The van der Waals surface area contributed by atoms with E-state index >= 15 is 0 Å². The highest BCUT2D eigenvalue weighted by molar-refractivity contribution is 7.88. The molecule has 6 nitrogen and oxygen atoms in total. The summed E-state index contributed by atoms with van der Waals surface area (Å²) in [5.41, 5.74) is 0.610. The SMILES string of the molecule is O=C(NCCCN1CCCCCC1)C1CCN(S(=O)(=O)Cc2ccc(Cl)c(Cl)c2)CC1. The quantitative estimate of drug-likeness (QED) is 0.561. The van der Waals surface area contributed by atoms with E-state index in [0.717, 1.165) is 13.0 Å². The average Bonchev–Trinajstić information content (AvgIpc) is 3.02. The van der Waals surface area contributed by atoms with Crippen molar-refractivity contribution in [3.63, 3.8) is 0 Å². The molecule has 0 saturated carbocycles. The number of carbonyl (C=O) groups is 1. The van der Waals surface area contributed by atoms with Crippen molar-refractivity contribution in [2.75, 3.05) is 39.3 Å². The molecule has 0 aromatic heterocycles. The van der Waals surface area contributed by atoms with Crippen molar-refractivity contribution in [2.45, 2.75) is 50.7 Å². The minimum absolute atomic E-state index is 0.0531. The van der Waals surface area contributed by atoms with E-state index in [4.69, 9.17) is 23.2 Å². The second-order valence-electron chi connectivity index (χ2n) is 8.58. The van der Waals surface area contributed by atoms with Gasteiger partial charge < -0.3 is 10.2 Å². The number of likely N-dealkylation sites (tertiary alicyclic amines) is 1. The number of sulfonamides is 1. The summed E-state index contributed by atoms with van der Waals surface area (Å²) < 4.78 is 27.0. The van der Waals surface area contributed by atoms with E-state index in [9.17, 15) is 13.2 Å². The Morgan fingerprint density at radius 3 is 2.32 bits per heavy atom. The zero-order chi connectivity index (χ0) is 22.3. The number of piperidine rings is 1. The number of amides is 1. The topological polar surface area (TPSA) is 69.7 Å². The van der Waals surface area contributed by atoms with Crippen LogP contribution in [0.25, 0.3) is 0 Å². The van der Waals surface area contributed by atoms with Crippen LogP contribution in [-0.4, -0.2) is 62.8 Å². The van der Waals surface area contributed by atoms with Crippen LogP contribution in [0.5, 0.6) is 0 Å². The number of rotatable bonds is 8. The Balaban J connectivity index is 1.38. The minimum Gasteiger partial charge on any atom is -0.356 e. The van der Waals surface area contributed by atoms with Crippen molar-refractivity contribution in [1.82, 2.24) is 14.5 Å². The Morgan fingerprint density at radius 2 is 1.68 bits per heavy atom. The smallest absolute Gasteiger partial charge is 0.223 e. The van der Waals surface area contributed by atoms with Crippen molar-refractivity contribution >= 4 is 39.1 Å². The van der Waals surface area contributed by atoms with E-state index in [0.29, 0.717) is 48.1 Å².